The summed E-state index contributed by atoms with van der Waals surface area (Å²) >= 11 is 0. The van der Waals surface area contributed by atoms with Gasteiger partial charge in [-0.15, -0.1) is 0 Å². The lowest BCUT2D eigenvalue weighted by atomic mass is 9.95. The number of ether oxygens (including phenoxy) is 2. The summed E-state index contributed by atoms with van der Waals surface area (Å²) in [5, 5.41) is 3.28. The number of hydrogen-bond acceptors (Lipinski definition) is 6. The first kappa shape index (κ1) is 34.9. The molecule has 0 spiro atoms. The molecule has 0 saturated heterocycles. The van der Waals surface area contributed by atoms with Gasteiger partial charge in [0.25, 0.3) is 8.32 Å². The van der Waals surface area contributed by atoms with E-state index in [2.05, 4.69) is 94.5 Å². The van der Waals surface area contributed by atoms with Gasteiger partial charge in [-0.25, -0.2) is 9.79 Å². The number of hydrogen-bond donors (Lipinski definition) is 0. The lowest BCUT2D eigenvalue weighted by Crippen LogP contribution is -2.66. The molecular formula is C40H45NO5Si2. The third-order valence-electron chi connectivity index (χ3n) is 9.02. The van der Waals surface area contributed by atoms with Crippen LogP contribution in [0, 0.1) is 0 Å². The van der Waals surface area contributed by atoms with Crippen LogP contribution in [-0.4, -0.2) is 52.5 Å². The number of carbonyl (C=O) groups excluding carboxylic acids is 2. The number of rotatable bonds is 12. The standard InChI is InChI=1S/C40H45NO5Si2/c1-31(42)45-36(28-19-29-44-48(39(2,3)4,34-24-15-9-16-25-34)35-26-17-10-18-27-35)40(30-47(5,6)33-22-13-8-14-23-33)38(43)46-37(41-40)32-20-11-7-12-21-32/h7-28,36H,29-30H2,1-6H3/b28-19+/t36-,40-/m1/s1. The third kappa shape index (κ3) is 7.21. The molecule has 1 aliphatic rings. The van der Waals surface area contributed by atoms with Crippen LogP contribution in [0.15, 0.2) is 138 Å². The Morgan fingerprint density at radius 1 is 0.812 bits per heavy atom. The van der Waals surface area contributed by atoms with E-state index in [1.807, 2.05) is 66.7 Å². The van der Waals surface area contributed by atoms with Crippen molar-refractivity contribution in [1.82, 2.24) is 0 Å². The van der Waals surface area contributed by atoms with Crippen LogP contribution in [0.4, 0.5) is 0 Å². The zero-order chi connectivity index (χ0) is 34.4. The summed E-state index contributed by atoms with van der Waals surface area (Å²) in [6, 6.07) is 40.8. The summed E-state index contributed by atoms with van der Waals surface area (Å²) in [6.45, 7) is 12.7. The molecule has 8 heteroatoms. The molecule has 48 heavy (non-hydrogen) atoms. The van der Waals surface area contributed by atoms with Crippen molar-refractivity contribution in [1.29, 1.82) is 0 Å². The van der Waals surface area contributed by atoms with Crippen molar-refractivity contribution >= 4 is 49.8 Å². The molecule has 5 rings (SSSR count). The summed E-state index contributed by atoms with van der Waals surface area (Å²) in [5.41, 5.74) is -0.788. The smallest absolute Gasteiger partial charge is 0.344 e. The van der Waals surface area contributed by atoms with Gasteiger partial charge in [-0.2, -0.15) is 0 Å². The van der Waals surface area contributed by atoms with Gasteiger partial charge in [0.05, 0.1) is 14.7 Å². The molecule has 6 nitrogen and oxygen atoms in total. The van der Waals surface area contributed by atoms with Gasteiger partial charge in [-0.1, -0.05) is 154 Å². The molecule has 0 aromatic heterocycles. The second-order valence-corrected chi connectivity index (χ2v) is 23.0. The summed E-state index contributed by atoms with van der Waals surface area (Å²) in [4.78, 5) is 31.8. The Balaban J connectivity index is 1.56. The molecular weight excluding hydrogens is 631 g/mol. The van der Waals surface area contributed by atoms with E-state index in [0.29, 0.717) is 11.6 Å². The fourth-order valence-electron chi connectivity index (χ4n) is 6.78. The molecule has 0 bridgehead atoms. The van der Waals surface area contributed by atoms with Crippen molar-refractivity contribution in [2.75, 3.05) is 6.61 Å². The van der Waals surface area contributed by atoms with Gasteiger partial charge in [-0.3, -0.25) is 4.79 Å². The summed E-state index contributed by atoms with van der Waals surface area (Å²) in [5.74, 6) is -0.804. The van der Waals surface area contributed by atoms with E-state index >= 15 is 0 Å². The minimum atomic E-state index is -2.83. The van der Waals surface area contributed by atoms with E-state index in [1.54, 1.807) is 6.08 Å². The molecule has 1 aliphatic heterocycles. The molecule has 248 valence electrons. The van der Waals surface area contributed by atoms with Crippen molar-refractivity contribution in [3.63, 3.8) is 0 Å². The number of esters is 2. The van der Waals surface area contributed by atoms with Gasteiger partial charge < -0.3 is 13.9 Å². The minimum absolute atomic E-state index is 0.213. The molecule has 2 atom stereocenters. The first-order valence-electron chi connectivity index (χ1n) is 16.4. The van der Waals surface area contributed by atoms with Crippen molar-refractivity contribution < 1.29 is 23.5 Å². The predicted octanol–water partition coefficient (Wildman–Crippen LogP) is 6.41. The average molecular weight is 676 g/mol. The highest BCUT2D eigenvalue weighted by molar-refractivity contribution is 6.99. The fourth-order valence-corrected chi connectivity index (χ4v) is 14.3. The lowest BCUT2D eigenvalue weighted by Gasteiger charge is -2.42. The summed E-state index contributed by atoms with van der Waals surface area (Å²) in [7, 11) is -5.18. The van der Waals surface area contributed by atoms with Crippen molar-refractivity contribution in [3.05, 3.63) is 139 Å². The number of aliphatic imine (C=N–C) groups is 1. The zero-order valence-corrected chi connectivity index (χ0v) is 30.7. The Labute approximate surface area is 286 Å². The molecule has 0 unspecified atom stereocenters. The van der Waals surface area contributed by atoms with Gasteiger partial charge >= 0.3 is 11.9 Å². The minimum Gasteiger partial charge on any atom is -0.455 e. The lowest BCUT2D eigenvalue weighted by molar-refractivity contribution is -0.152. The normalized spacial score (nSPS) is 17.5. The summed E-state index contributed by atoms with van der Waals surface area (Å²) in [6.07, 6.45) is 2.63. The van der Waals surface area contributed by atoms with E-state index in [1.165, 1.54) is 12.1 Å². The van der Waals surface area contributed by atoms with Crippen LogP contribution < -0.4 is 15.6 Å². The molecule has 0 aliphatic carbocycles. The molecule has 0 radical (unpaired) electrons. The molecule has 1 heterocycles. The third-order valence-corrected chi connectivity index (χ3v) is 17.3. The molecule has 0 saturated carbocycles. The highest BCUT2D eigenvalue weighted by atomic mass is 28.4. The second kappa shape index (κ2) is 14.4. The maximum absolute atomic E-state index is 14.1. The fraction of sp³-hybridized carbons (Fsp3) is 0.275. The molecule has 0 amide bonds. The van der Waals surface area contributed by atoms with Crippen LogP contribution in [-0.2, 0) is 23.5 Å². The van der Waals surface area contributed by atoms with Crippen molar-refractivity contribution in [2.45, 2.75) is 63.5 Å². The molecule has 4 aromatic rings. The van der Waals surface area contributed by atoms with Crippen LogP contribution in [0.25, 0.3) is 0 Å². The largest absolute Gasteiger partial charge is 0.455 e. The highest BCUT2D eigenvalue weighted by Gasteiger charge is 2.56. The number of benzene rings is 4. The number of carbonyl (C=O) groups is 2. The van der Waals surface area contributed by atoms with E-state index in [4.69, 9.17) is 18.9 Å². The quantitative estimate of drug-likeness (QED) is 0.0987. The number of nitrogens with zero attached hydrogens (tertiary/aromatic N) is 1. The van der Waals surface area contributed by atoms with Gasteiger partial charge in [0, 0.05) is 12.5 Å². The average Bonchev–Trinajstić information content (AvgIpc) is 3.40. The molecule has 0 fully saturated rings. The number of cyclic esters (lactones) is 1. The van der Waals surface area contributed by atoms with Crippen LogP contribution >= 0.6 is 0 Å². The topological polar surface area (TPSA) is 74.2 Å². The van der Waals surface area contributed by atoms with Crippen LogP contribution in [0.3, 0.4) is 0 Å². The van der Waals surface area contributed by atoms with E-state index in [-0.39, 0.29) is 17.5 Å². The molecule has 0 N–H and O–H groups in total. The molecule has 4 aromatic carbocycles. The van der Waals surface area contributed by atoms with Crippen LogP contribution in [0.5, 0.6) is 0 Å². The monoisotopic (exact) mass is 675 g/mol. The van der Waals surface area contributed by atoms with E-state index < -0.39 is 40.0 Å². The van der Waals surface area contributed by atoms with Crippen molar-refractivity contribution in [3.8, 4) is 0 Å². The SMILES string of the molecule is CC(=O)O[C@H](/C=C/CO[Si](c1ccccc1)(c1ccccc1)C(C)(C)C)[C@@]1(C[Si](C)(C)c2ccccc2)N=C(c2ccccc2)OC1=O. The second-order valence-electron chi connectivity index (χ2n) is 14.0. The first-order valence-corrected chi connectivity index (χ1v) is 21.5. The zero-order valence-electron chi connectivity index (χ0n) is 28.7. The van der Waals surface area contributed by atoms with Gasteiger partial charge in [0.15, 0.2) is 11.6 Å². The Morgan fingerprint density at radius 2 is 1.29 bits per heavy atom. The van der Waals surface area contributed by atoms with Crippen molar-refractivity contribution in [2.24, 2.45) is 4.99 Å². The highest BCUT2D eigenvalue weighted by Crippen LogP contribution is 2.39. The Kier molecular flexibility index (Phi) is 10.5. The summed E-state index contributed by atoms with van der Waals surface area (Å²) < 4.78 is 19.0. The Morgan fingerprint density at radius 3 is 1.77 bits per heavy atom. The van der Waals surface area contributed by atoms with E-state index in [9.17, 15) is 9.59 Å². The Hall–Kier alpha value is -4.38. The maximum atomic E-state index is 14.1. The predicted molar refractivity (Wildman–Crippen MR) is 198 cm³/mol. The van der Waals surface area contributed by atoms with Crippen LogP contribution in [0.1, 0.15) is 33.3 Å². The van der Waals surface area contributed by atoms with Gasteiger partial charge in [-0.05, 0) is 39.7 Å². The van der Waals surface area contributed by atoms with E-state index in [0.717, 1.165) is 10.4 Å². The first-order chi connectivity index (χ1) is 22.9. The van der Waals surface area contributed by atoms with Crippen LogP contribution in [0.2, 0.25) is 24.2 Å². The van der Waals surface area contributed by atoms with Gasteiger partial charge in [0.2, 0.25) is 5.90 Å². The Bertz CT molecular complexity index is 1710. The van der Waals surface area contributed by atoms with Gasteiger partial charge in [0.1, 0.15) is 0 Å². The maximum Gasteiger partial charge on any atom is 0.344 e.